The fourth-order valence-corrected chi connectivity index (χ4v) is 4.77. The number of H-pyrrole nitrogens is 1. The number of carbonyl (C=O) groups excluding carboxylic acids is 2. The van der Waals surface area contributed by atoms with Crippen LogP contribution in [-0.4, -0.2) is 57.9 Å². The Bertz CT molecular complexity index is 1330. The van der Waals surface area contributed by atoms with Gasteiger partial charge in [0.1, 0.15) is 10.4 Å². The van der Waals surface area contributed by atoms with E-state index < -0.39 is 17.5 Å². The molecule has 0 bridgehead atoms. The lowest BCUT2D eigenvalue weighted by molar-refractivity contribution is -0.121. The number of anilines is 1. The minimum absolute atomic E-state index is 0.0295. The molecule has 12 heteroatoms. The molecule has 1 aliphatic heterocycles. The summed E-state index contributed by atoms with van der Waals surface area (Å²) < 4.78 is 16.1. The van der Waals surface area contributed by atoms with E-state index in [2.05, 4.69) is 15.3 Å². The summed E-state index contributed by atoms with van der Waals surface area (Å²) in [5, 5.41) is 2.37. The smallest absolute Gasteiger partial charge is 0.328 e. The number of nitrogens with zero attached hydrogens (tertiary/aromatic N) is 4. The van der Waals surface area contributed by atoms with Crippen molar-refractivity contribution in [2.75, 3.05) is 31.6 Å². The third kappa shape index (κ3) is 3.94. The Morgan fingerprint density at radius 2 is 2.06 bits per heavy atom. The average Bonchev–Trinajstić information content (AvgIpc) is 3.16. The zero-order chi connectivity index (χ0) is 23.0. The van der Waals surface area contributed by atoms with Crippen LogP contribution in [-0.2, 0) is 17.9 Å². The molecule has 4 heterocycles. The number of carbonyl (C=O) groups is 2. The highest BCUT2D eigenvalue weighted by Gasteiger charge is 2.28. The predicted molar refractivity (Wildman–Crippen MR) is 118 cm³/mol. The van der Waals surface area contributed by atoms with Gasteiger partial charge in [0.2, 0.25) is 11.9 Å². The fraction of sp³-hybridized carbons (Fsp3) is 0.350. The van der Waals surface area contributed by atoms with E-state index in [1.807, 2.05) is 4.90 Å². The molecule has 0 aromatic carbocycles. The van der Waals surface area contributed by atoms with Crippen molar-refractivity contribution in [2.45, 2.75) is 20.0 Å². The van der Waals surface area contributed by atoms with Gasteiger partial charge in [-0.15, -0.1) is 11.3 Å². The van der Waals surface area contributed by atoms with E-state index in [1.54, 1.807) is 13.0 Å². The molecule has 0 saturated carbocycles. The van der Waals surface area contributed by atoms with Crippen molar-refractivity contribution in [3.05, 3.63) is 55.6 Å². The summed E-state index contributed by atoms with van der Waals surface area (Å²) in [7, 11) is 1.42. The molecular weight excluding hydrogens is 439 g/mol. The Hall–Kier alpha value is -3.38. The first-order valence-corrected chi connectivity index (χ1v) is 10.8. The van der Waals surface area contributed by atoms with Gasteiger partial charge in [-0.3, -0.25) is 23.9 Å². The van der Waals surface area contributed by atoms with Gasteiger partial charge in [0.25, 0.3) is 11.5 Å². The Balaban J connectivity index is 1.49. The molecule has 3 aromatic rings. The van der Waals surface area contributed by atoms with E-state index in [0.717, 1.165) is 9.44 Å². The number of nitrogens with one attached hydrogen (secondary N) is 2. The van der Waals surface area contributed by atoms with Crippen molar-refractivity contribution in [1.29, 1.82) is 0 Å². The van der Waals surface area contributed by atoms with Crippen LogP contribution in [0.25, 0.3) is 10.2 Å². The maximum absolute atomic E-state index is 14.4. The van der Waals surface area contributed by atoms with Gasteiger partial charge in [-0.2, -0.15) is 4.39 Å². The second kappa shape index (κ2) is 8.63. The summed E-state index contributed by atoms with van der Waals surface area (Å²) in [5.41, 5.74) is -0.326. The van der Waals surface area contributed by atoms with E-state index in [-0.39, 0.29) is 42.5 Å². The lowest BCUT2D eigenvalue weighted by Crippen LogP contribution is -2.50. The maximum Gasteiger partial charge on any atom is 0.328 e. The zero-order valence-corrected chi connectivity index (χ0v) is 18.3. The average molecular weight is 460 g/mol. The Kier molecular flexibility index (Phi) is 5.89. The number of rotatable bonds is 5. The van der Waals surface area contributed by atoms with Crippen LogP contribution in [0.5, 0.6) is 0 Å². The van der Waals surface area contributed by atoms with Gasteiger partial charge in [-0.25, -0.2) is 9.78 Å². The first-order chi connectivity index (χ1) is 15.3. The molecule has 1 saturated heterocycles. The minimum Gasteiger partial charge on any atom is -0.354 e. The molecule has 168 valence electrons. The van der Waals surface area contributed by atoms with Gasteiger partial charge in [-0.05, 0) is 25.1 Å². The van der Waals surface area contributed by atoms with E-state index in [4.69, 9.17) is 0 Å². The number of aromatic amines is 1. The van der Waals surface area contributed by atoms with Gasteiger partial charge in [-0.1, -0.05) is 0 Å². The van der Waals surface area contributed by atoms with Gasteiger partial charge >= 0.3 is 5.69 Å². The fourth-order valence-electron chi connectivity index (χ4n) is 3.67. The van der Waals surface area contributed by atoms with Gasteiger partial charge in [0, 0.05) is 38.1 Å². The first kappa shape index (κ1) is 21.8. The van der Waals surface area contributed by atoms with E-state index in [9.17, 15) is 23.6 Å². The molecule has 3 aromatic heterocycles. The lowest BCUT2D eigenvalue weighted by Gasteiger charge is -2.34. The zero-order valence-electron chi connectivity index (χ0n) is 17.5. The second-order valence-electron chi connectivity index (χ2n) is 7.28. The highest BCUT2D eigenvalue weighted by atomic mass is 32.1. The van der Waals surface area contributed by atoms with Crippen molar-refractivity contribution >= 4 is 39.1 Å². The quantitative estimate of drug-likeness (QED) is 0.536. The summed E-state index contributed by atoms with van der Waals surface area (Å²) in [6.45, 7) is 3.22. The SMILES string of the molecule is CCn1c(=O)[nH]c2cc(CN3CCN(c4ccc(C(=O)NC)nc4F)C(=O)C3)sc2c1=O. The first-order valence-electron chi connectivity index (χ1n) is 9.99. The van der Waals surface area contributed by atoms with Crippen LogP contribution >= 0.6 is 11.3 Å². The van der Waals surface area contributed by atoms with Crippen LogP contribution < -0.4 is 21.5 Å². The minimum atomic E-state index is -0.881. The number of fused-ring (bicyclic) bond motifs is 1. The molecule has 0 spiro atoms. The topological polar surface area (TPSA) is 120 Å². The van der Waals surface area contributed by atoms with Gasteiger partial charge in [0.15, 0.2) is 0 Å². The maximum atomic E-state index is 14.4. The summed E-state index contributed by atoms with van der Waals surface area (Å²) in [4.78, 5) is 59.2. The highest BCUT2D eigenvalue weighted by Crippen LogP contribution is 2.24. The molecule has 0 atom stereocenters. The summed E-state index contributed by atoms with van der Waals surface area (Å²) in [5.74, 6) is -1.69. The van der Waals surface area contributed by atoms with Gasteiger partial charge in [0.05, 0.1) is 17.7 Å². The highest BCUT2D eigenvalue weighted by molar-refractivity contribution is 7.18. The molecule has 0 radical (unpaired) electrons. The third-order valence-electron chi connectivity index (χ3n) is 5.28. The van der Waals surface area contributed by atoms with Crippen molar-refractivity contribution in [3.8, 4) is 0 Å². The van der Waals surface area contributed by atoms with Crippen molar-refractivity contribution in [1.82, 2.24) is 24.8 Å². The molecular formula is C20H21FN6O4S. The van der Waals surface area contributed by atoms with Crippen LogP contribution in [0, 0.1) is 5.95 Å². The van der Waals surface area contributed by atoms with Crippen LogP contribution in [0.4, 0.5) is 10.1 Å². The molecule has 0 unspecified atom stereocenters. The van der Waals surface area contributed by atoms with E-state index in [0.29, 0.717) is 23.3 Å². The number of pyridine rings is 1. The molecule has 0 aliphatic carbocycles. The van der Waals surface area contributed by atoms with Crippen LogP contribution in [0.3, 0.4) is 0 Å². The van der Waals surface area contributed by atoms with Crippen LogP contribution in [0.1, 0.15) is 22.3 Å². The normalized spacial score (nSPS) is 14.8. The molecule has 32 heavy (non-hydrogen) atoms. The monoisotopic (exact) mass is 460 g/mol. The molecule has 2 N–H and O–H groups in total. The molecule has 1 aliphatic rings. The van der Waals surface area contributed by atoms with Crippen LogP contribution in [0.15, 0.2) is 27.8 Å². The van der Waals surface area contributed by atoms with Gasteiger partial charge < -0.3 is 15.2 Å². The van der Waals surface area contributed by atoms with Crippen LogP contribution in [0.2, 0.25) is 0 Å². The lowest BCUT2D eigenvalue weighted by atomic mass is 10.2. The van der Waals surface area contributed by atoms with E-state index >= 15 is 0 Å². The van der Waals surface area contributed by atoms with E-state index in [1.165, 1.54) is 35.4 Å². The molecule has 4 rings (SSSR count). The largest absolute Gasteiger partial charge is 0.354 e. The number of hydrogen-bond acceptors (Lipinski definition) is 7. The number of piperazine rings is 1. The number of thiophene rings is 1. The molecule has 1 fully saturated rings. The summed E-state index contributed by atoms with van der Waals surface area (Å²) >= 11 is 1.29. The third-order valence-corrected chi connectivity index (χ3v) is 6.39. The number of hydrogen-bond donors (Lipinski definition) is 2. The summed E-state index contributed by atoms with van der Waals surface area (Å²) in [6.07, 6.45) is 0. The summed E-state index contributed by atoms with van der Waals surface area (Å²) in [6, 6.07) is 4.50. The Labute approximate surface area is 185 Å². The molecule has 10 nitrogen and oxygen atoms in total. The molecule has 2 amide bonds. The number of amides is 2. The van der Waals surface area contributed by atoms with Crippen molar-refractivity contribution < 1.29 is 14.0 Å². The number of aromatic nitrogens is 3. The Morgan fingerprint density at radius 1 is 1.28 bits per heavy atom. The van der Waals surface area contributed by atoms with Crippen molar-refractivity contribution in [3.63, 3.8) is 0 Å². The number of halogens is 1. The Morgan fingerprint density at radius 3 is 2.72 bits per heavy atom. The van der Waals surface area contributed by atoms with Crippen molar-refractivity contribution in [2.24, 2.45) is 0 Å². The predicted octanol–water partition coefficient (Wildman–Crippen LogP) is 0.514. The second-order valence-corrected chi connectivity index (χ2v) is 8.41. The standard InChI is InChI=1S/C20H21FN6O4S/c1-3-26-19(30)16-13(24-20(26)31)8-11(32-16)9-25-6-7-27(15(28)10-25)14-5-4-12(18(29)22-2)23-17(14)21/h4-5,8H,3,6-7,9-10H2,1-2H3,(H,22,29)(H,24,31).